The molecule has 1 aromatic rings. The van der Waals surface area contributed by atoms with Gasteiger partial charge in [-0.3, -0.25) is 14.7 Å². The molecule has 0 bridgehead atoms. The fourth-order valence-electron chi connectivity index (χ4n) is 3.11. The monoisotopic (exact) mass is 276 g/mol. The molecule has 6 heteroatoms. The molecular formula is C14H20N4O2. The number of fused-ring (bicyclic) bond motifs is 1. The molecule has 3 heterocycles. The summed E-state index contributed by atoms with van der Waals surface area (Å²) in [5, 5.41) is 7.19. The second-order valence-corrected chi connectivity index (χ2v) is 5.71. The van der Waals surface area contributed by atoms with Gasteiger partial charge in [0, 0.05) is 50.3 Å². The lowest BCUT2D eigenvalue weighted by atomic mass is 10.0. The van der Waals surface area contributed by atoms with Crippen molar-refractivity contribution in [3.05, 3.63) is 17.0 Å². The minimum atomic E-state index is -0.00194. The van der Waals surface area contributed by atoms with Gasteiger partial charge >= 0.3 is 0 Å². The van der Waals surface area contributed by atoms with Gasteiger partial charge in [-0.1, -0.05) is 0 Å². The first-order valence-corrected chi connectivity index (χ1v) is 7.20. The van der Waals surface area contributed by atoms with E-state index in [9.17, 15) is 9.59 Å². The quantitative estimate of drug-likeness (QED) is 0.830. The number of H-pyrrole nitrogens is 1. The highest BCUT2D eigenvalue weighted by atomic mass is 16.2. The molecule has 20 heavy (non-hydrogen) atoms. The standard InChI is InChI=1S/C14H20N4O2/c1-9-4-3-6-18(9)14(20)13-11-8-17(10(2)19)7-5-12(11)15-16-13/h9H,3-8H2,1-2H3,(H,15,16). The van der Waals surface area contributed by atoms with Crippen LogP contribution in [0.4, 0.5) is 0 Å². The van der Waals surface area contributed by atoms with Crippen molar-refractivity contribution in [1.82, 2.24) is 20.0 Å². The van der Waals surface area contributed by atoms with Crippen LogP contribution in [0.1, 0.15) is 48.4 Å². The molecule has 1 atom stereocenters. The number of likely N-dealkylation sites (tertiary alicyclic amines) is 1. The van der Waals surface area contributed by atoms with E-state index in [0.29, 0.717) is 18.8 Å². The van der Waals surface area contributed by atoms with E-state index in [1.807, 2.05) is 4.90 Å². The van der Waals surface area contributed by atoms with Gasteiger partial charge in [-0.25, -0.2) is 0 Å². The van der Waals surface area contributed by atoms with Crippen molar-refractivity contribution in [3.63, 3.8) is 0 Å². The van der Waals surface area contributed by atoms with Crippen molar-refractivity contribution in [2.45, 2.75) is 45.7 Å². The highest BCUT2D eigenvalue weighted by molar-refractivity contribution is 5.94. The molecule has 3 rings (SSSR count). The number of rotatable bonds is 1. The number of carbonyl (C=O) groups is 2. The summed E-state index contributed by atoms with van der Waals surface area (Å²) in [5.41, 5.74) is 2.40. The van der Waals surface area contributed by atoms with Gasteiger partial charge < -0.3 is 9.80 Å². The molecule has 2 aliphatic heterocycles. The van der Waals surface area contributed by atoms with E-state index in [0.717, 1.165) is 37.1 Å². The molecule has 2 aliphatic rings. The van der Waals surface area contributed by atoms with Crippen molar-refractivity contribution in [1.29, 1.82) is 0 Å². The first kappa shape index (κ1) is 13.1. The van der Waals surface area contributed by atoms with Crippen LogP contribution in [0.25, 0.3) is 0 Å². The third kappa shape index (κ3) is 2.09. The van der Waals surface area contributed by atoms with Gasteiger partial charge in [-0.2, -0.15) is 5.10 Å². The number of aromatic amines is 1. The molecule has 2 amide bonds. The van der Waals surface area contributed by atoms with Gasteiger partial charge in [0.25, 0.3) is 5.91 Å². The third-order valence-electron chi connectivity index (χ3n) is 4.40. The van der Waals surface area contributed by atoms with E-state index >= 15 is 0 Å². The van der Waals surface area contributed by atoms with Crippen LogP contribution in [0.5, 0.6) is 0 Å². The van der Waals surface area contributed by atoms with Gasteiger partial charge in [0.1, 0.15) is 0 Å². The average Bonchev–Trinajstić information content (AvgIpc) is 3.03. The Morgan fingerprint density at radius 2 is 2.15 bits per heavy atom. The van der Waals surface area contributed by atoms with E-state index in [1.54, 1.807) is 11.8 Å². The lowest BCUT2D eigenvalue weighted by Crippen LogP contribution is -2.37. The van der Waals surface area contributed by atoms with Gasteiger partial charge in [0.05, 0.1) is 0 Å². The van der Waals surface area contributed by atoms with Gasteiger partial charge in [0.15, 0.2) is 5.69 Å². The van der Waals surface area contributed by atoms with E-state index in [2.05, 4.69) is 17.1 Å². The van der Waals surface area contributed by atoms with Crippen molar-refractivity contribution < 1.29 is 9.59 Å². The van der Waals surface area contributed by atoms with Crippen LogP contribution in [-0.4, -0.2) is 50.9 Å². The summed E-state index contributed by atoms with van der Waals surface area (Å²) in [4.78, 5) is 27.8. The Labute approximate surface area is 118 Å². The number of hydrogen-bond acceptors (Lipinski definition) is 3. The van der Waals surface area contributed by atoms with Gasteiger partial charge in [0.2, 0.25) is 5.91 Å². The maximum Gasteiger partial charge on any atom is 0.274 e. The van der Waals surface area contributed by atoms with Gasteiger partial charge in [-0.15, -0.1) is 0 Å². The number of aromatic nitrogens is 2. The number of nitrogens with zero attached hydrogens (tertiary/aromatic N) is 3. The number of nitrogens with one attached hydrogen (secondary N) is 1. The summed E-state index contributed by atoms with van der Waals surface area (Å²) < 4.78 is 0. The van der Waals surface area contributed by atoms with Gasteiger partial charge in [-0.05, 0) is 19.8 Å². The molecule has 1 fully saturated rings. The lowest BCUT2D eigenvalue weighted by Gasteiger charge is -2.27. The fourth-order valence-corrected chi connectivity index (χ4v) is 3.11. The maximum atomic E-state index is 12.6. The molecule has 1 unspecified atom stereocenters. The van der Waals surface area contributed by atoms with E-state index in [-0.39, 0.29) is 17.9 Å². The summed E-state index contributed by atoms with van der Waals surface area (Å²) >= 11 is 0. The minimum Gasteiger partial charge on any atom is -0.338 e. The van der Waals surface area contributed by atoms with Crippen molar-refractivity contribution in [3.8, 4) is 0 Å². The molecule has 0 saturated carbocycles. The summed E-state index contributed by atoms with van der Waals surface area (Å²) in [6.45, 7) is 5.63. The Balaban J connectivity index is 1.87. The zero-order chi connectivity index (χ0) is 14.3. The normalized spacial score (nSPS) is 22.0. The Bertz CT molecular complexity index is 551. The largest absolute Gasteiger partial charge is 0.338 e. The summed E-state index contributed by atoms with van der Waals surface area (Å²) in [5.74, 6) is 0.0442. The molecule has 0 aliphatic carbocycles. The Hall–Kier alpha value is -1.85. The van der Waals surface area contributed by atoms with Crippen LogP contribution in [-0.2, 0) is 17.8 Å². The number of carbonyl (C=O) groups excluding carboxylic acids is 2. The summed E-state index contributed by atoms with van der Waals surface area (Å²) in [6, 6.07) is 0.280. The molecule has 0 aromatic carbocycles. The highest BCUT2D eigenvalue weighted by Crippen LogP contribution is 2.24. The zero-order valence-corrected chi connectivity index (χ0v) is 12.0. The smallest absolute Gasteiger partial charge is 0.274 e. The highest BCUT2D eigenvalue weighted by Gasteiger charge is 2.32. The zero-order valence-electron chi connectivity index (χ0n) is 12.0. The Morgan fingerprint density at radius 3 is 2.80 bits per heavy atom. The molecule has 1 saturated heterocycles. The first-order valence-electron chi connectivity index (χ1n) is 7.20. The van der Waals surface area contributed by atoms with E-state index < -0.39 is 0 Å². The van der Waals surface area contributed by atoms with Crippen molar-refractivity contribution >= 4 is 11.8 Å². The molecular weight excluding hydrogens is 256 g/mol. The average molecular weight is 276 g/mol. The van der Waals surface area contributed by atoms with E-state index in [4.69, 9.17) is 0 Å². The fraction of sp³-hybridized carbons (Fsp3) is 0.643. The van der Waals surface area contributed by atoms with Crippen LogP contribution in [0, 0.1) is 0 Å². The Morgan fingerprint density at radius 1 is 1.35 bits per heavy atom. The SMILES string of the molecule is CC(=O)N1CCc2[nH]nc(C(=O)N3CCCC3C)c2C1. The summed E-state index contributed by atoms with van der Waals surface area (Å²) in [7, 11) is 0. The van der Waals surface area contributed by atoms with E-state index in [1.165, 1.54) is 0 Å². The summed E-state index contributed by atoms with van der Waals surface area (Å²) in [6.07, 6.45) is 2.85. The van der Waals surface area contributed by atoms with Crippen LogP contribution in [0.15, 0.2) is 0 Å². The molecule has 0 radical (unpaired) electrons. The molecule has 6 nitrogen and oxygen atoms in total. The van der Waals surface area contributed by atoms with Crippen LogP contribution >= 0.6 is 0 Å². The van der Waals surface area contributed by atoms with Crippen LogP contribution in [0.2, 0.25) is 0 Å². The molecule has 0 spiro atoms. The predicted molar refractivity (Wildman–Crippen MR) is 73.1 cm³/mol. The Kier molecular flexibility index (Phi) is 3.23. The molecule has 1 N–H and O–H groups in total. The molecule has 1 aromatic heterocycles. The maximum absolute atomic E-state index is 12.6. The lowest BCUT2D eigenvalue weighted by molar-refractivity contribution is -0.129. The second-order valence-electron chi connectivity index (χ2n) is 5.71. The number of hydrogen-bond donors (Lipinski definition) is 1. The van der Waals surface area contributed by atoms with Crippen LogP contribution in [0.3, 0.4) is 0 Å². The van der Waals surface area contributed by atoms with Crippen molar-refractivity contribution in [2.75, 3.05) is 13.1 Å². The topological polar surface area (TPSA) is 69.3 Å². The van der Waals surface area contributed by atoms with Crippen molar-refractivity contribution in [2.24, 2.45) is 0 Å². The minimum absolute atomic E-state index is 0.00194. The van der Waals surface area contributed by atoms with Crippen LogP contribution < -0.4 is 0 Å². The first-order chi connectivity index (χ1) is 9.58. The third-order valence-corrected chi connectivity index (χ3v) is 4.40. The predicted octanol–water partition coefficient (Wildman–Crippen LogP) is 0.939. The number of amides is 2. The second kappa shape index (κ2) is 4.92. The molecule has 108 valence electrons.